The van der Waals surface area contributed by atoms with Gasteiger partial charge in [-0.05, 0) is 30.9 Å². The van der Waals surface area contributed by atoms with E-state index in [1.54, 1.807) is 29.2 Å². The van der Waals surface area contributed by atoms with Crippen molar-refractivity contribution in [3.63, 3.8) is 0 Å². The number of piperidine rings is 1. The number of halogens is 2. The molecule has 0 spiro atoms. The molecule has 2 fully saturated rings. The van der Waals surface area contributed by atoms with Crippen LogP contribution in [0.1, 0.15) is 29.6 Å². The van der Waals surface area contributed by atoms with E-state index in [1.807, 2.05) is 6.07 Å². The molecule has 0 saturated carbocycles. The molecular weight excluding hydrogens is 328 g/mol. The molecular formula is C18H23F2N3O2. The van der Waals surface area contributed by atoms with Gasteiger partial charge < -0.3 is 10.2 Å². The molecule has 1 aromatic carbocycles. The number of carbonyl (C=O) groups excluding carboxylic acids is 2. The summed E-state index contributed by atoms with van der Waals surface area (Å²) in [4.78, 5) is 26.2. The molecule has 25 heavy (non-hydrogen) atoms. The molecule has 0 aromatic heterocycles. The molecule has 3 rings (SSSR count). The van der Waals surface area contributed by atoms with E-state index in [0.29, 0.717) is 25.2 Å². The van der Waals surface area contributed by atoms with Gasteiger partial charge in [0, 0.05) is 31.6 Å². The molecule has 2 N–H and O–H groups in total. The zero-order valence-corrected chi connectivity index (χ0v) is 14.0. The SMILES string of the molecule is O=C(NCC1CCCN(C(=O)C2CC(F)(F)CN2)C1)c1ccccc1. The summed E-state index contributed by atoms with van der Waals surface area (Å²) in [6, 6.07) is 8.16. The van der Waals surface area contributed by atoms with Crippen LogP contribution < -0.4 is 10.6 Å². The Morgan fingerprint density at radius 1 is 1.28 bits per heavy atom. The average molecular weight is 351 g/mol. The van der Waals surface area contributed by atoms with Gasteiger partial charge in [-0.3, -0.25) is 14.9 Å². The van der Waals surface area contributed by atoms with Crippen molar-refractivity contribution in [2.24, 2.45) is 5.92 Å². The summed E-state index contributed by atoms with van der Waals surface area (Å²) in [5.41, 5.74) is 0.601. The van der Waals surface area contributed by atoms with Crippen LogP contribution in [-0.2, 0) is 4.79 Å². The molecule has 2 atom stereocenters. The normalized spacial score (nSPS) is 25.6. The molecule has 7 heteroatoms. The van der Waals surface area contributed by atoms with E-state index in [-0.39, 0.29) is 17.7 Å². The van der Waals surface area contributed by atoms with Gasteiger partial charge in [0.2, 0.25) is 5.91 Å². The van der Waals surface area contributed by atoms with Crippen LogP contribution in [-0.4, -0.2) is 54.9 Å². The summed E-state index contributed by atoms with van der Waals surface area (Å²) >= 11 is 0. The van der Waals surface area contributed by atoms with Crippen LogP contribution in [0, 0.1) is 5.92 Å². The van der Waals surface area contributed by atoms with Gasteiger partial charge in [0.05, 0.1) is 12.6 Å². The Kier molecular flexibility index (Phi) is 5.32. The average Bonchev–Trinajstić information content (AvgIpc) is 3.00. The zero-order valence-electron chi connectivity index (χ0n) is 14.0. The second-order valence-corrected chi connectivity index (χ2v) is 6.86. The Morgan fingerprint density at radius 2 is 2.04 bits per heavy atom. The first kappa shape index (κ1) is 17.8. The lowest BCUT2D eigenvalue weighted by atomic mass is 9.97. The van der Waals surface area contributed by atoms with Gasteiger partial charge in [-0.25, -0.2) is 8.78 Å². The number of carbonyl (C=O) groups is 2. The first-order valence-corrected chi connectivity index (χ1v) is 8.68. The van der Waals surface area contributed by atoms with Crippen LogP contribution in [0.5, 0.6) is 0 Å². The highest BCUT2D eigenvalue weighted by atomic mass is 19.3. The van der Waals surface area contributed by atoms with Crippen LogP contribution in [0.2, 0.25) is 0 Å². The van der Waals surface area contributed by atoms with E-state index in [9.17, 15) is 18.4 Å². The van der Waals surface area contributed by atoms with Crippen molar-refractivity contribution in [3.05, 3.63) is 35.9 Å². The minimum atomic E-state index is -2.81. The number of amides is 2. The molecule has 0 radical (unpaired) electrons. The fourth-order valence-electron chi connectivity index (χ4n) is 3.47. The van der Waals surface area contributed by atoms with Crippen LogP contribution >= 0.6 is 0 Å². The number of rotatable bonds is 4. The maximum absolute atomic E-state index is 13.3. The van der Waals surface area contributed by atoms with Crippen molar-refractivity contribution in [2.75, 3.05) is 26.2 Å². The van der Waals surface area contributed by atoms with Crippen LogP contribution in [0.25, 0.3) is 0 Å². The van der Waals surface area contributed by atoms with E-state index in [1.165, 1.54) is 0 Å². The van der Waals surface area contributed by atoms with Crippen LogP contribution in [0.3, 0.4) is 0 Å². The maximum atomic E-state index is 13.3. The first-order valence-electron chi connectivity index (χ1n) is 8.68. The molecule has 2 aliphatic rings. The van der Waals surface area contributed by atoms with Crippen molar-refractivity contribution in [2.45, 2.75) is 31.2 Å². The standard InChI is InChI=1S/C18H23F2N3O2/c19-18(20)9-15(22-12-18)17(25)23-8-4-5-13(11-23)10-21-16(24)14-6-2-1-3-7-14/h1-3,6-7,13,15,22H,4-5,8-12H2,(H,21,24). The Labute approximate surface area is 145 Å². The Bertz CT molecular complexity index is 624. The smallest absolute Gasteiger partial charge is 0.262 e. The second kappa shape index (κ2) is 7.47. The third kappa shape index (κ3) is 4.54. The minimum Gasteiger partial charge on any atom is -0.352 e. The fourth-order valence-corrected chi connectivity index (χ4v) is 3.47. The van der Waals surface area contributed by atoms with Crippen molar-refractivity contribution >= 4 is 11.8 Å². The maximum Gasteiger partial charge on any atom is 0.262 e. The molecule has 2 heterocycles. The van der Waals surface area contributed by atoms with Gasteiger partial charge in [-0.1, -0.05) is 18.2 Å². The highest BCUT2D eigenvalue weighted by Crippen LogP contribution is 2.27. The molecule has 2 unspecified atom stereocenters. The molecule has 5 nitrogen and oxygen atoms in total. The highest BCUT2D eigenvalue weighted by Gasteiger charge is 2.44. The second-order valence-electron chi connectivity index (χ2n) is 6.86. The Morgan fingerprint density at radius 3 is 2.72 bits per heavy atom. The zero-order chi connectivity index (χ0) is 17.9. The van der Waals surface area contributed by atoms with Crippen molar-refractivity contribution in [1.29, 1.82) is 0 Å². The third-order valence-corrected chi connectivity index (χ3v) is 4.83. The van der Waals surface area contributed by atoms with E-state index < -0.39 is 24.9 Å². The molecule has 0 bridgehead atoms. The van der Waals surface area contributed by atoms with Gasteiger partial charge in [-0.2, -0.15) is 0 Å². The summed E-state index contributed by atoms with van der Waals surface area (Å²) in [7, 11) is 0. The van der Waals surface area contributed by atoms with E-state index >= 15 is 0 Å². The van der Waals surface area contributed by atoms with Gasteiger partial charge in [0.25, 0.3) is 11.8 Å². The highest BCUT2D eigenvalue weighted by molar-refractivity contribution is 5.94. The Balaban J connectivity index is 1.50. The number of likely N-dealkylation sites (tertiary alicyclic amines) is 1. The van der Waals surface area contributed by atoms with Crippen LogP contribution in [0.4, 0.5) is 8.78 Å². The van der Waals surface area contributed by atoms with Gasteiger partial charge in [0.1, 0.15) is 0 Å². The largest absolute Gasteiger partial charge is 0.352 e. The summed E-state index contributed by atoms with van der Waals surface area (Å²) < 4.78 is 26.6. The van der Waals surface area contributed by atoms with Gasteiger partial charge in [-0.15, -0.1) is 0 Å². The quantitative estimate of drug-likeness (QED) is 0.867. The van der Waals surface area contributed by atoms with Crippen molar-refractivity contribution in [1.82, 2.24) is 15.5 Å². The predicted molar refractivity (Wildman–Crippen MR) is 89.4 cm³/mol. The topological polar surface area (TPSA) is 61.4 Å². The molecule has 2 saturated heterocycles. The van der Waals surface area contributed by atoms with E-state index in [4.69, 9.17) is 0 Å². The minimum absolute atomic E-state index is 0.138. The number of benzene rings is 1. The fraction of sp³-hybridized carbons (Fsp3) is 0.556. The number of nitrogens with one attached hydrogen (secondary N) is 2. The number of hydrogen-bond donors (Lipinski definition) is 2. The Hall–Kier alpha value is -2.02. The lowest BCUT2D eigenvalue weighted by molar-refractivity contribution is -0.135. The van der Waals surface area contributed by atoms with E-state index in [0.717, 1.165) is 12.8 Å². The summed E-state index contributed by atoms with van der Waals surface area (Å²) in [5, 5.41) is 5.52. The number of nitrogens with zero attached hydrogens (tertiary/aromatic N) is 1. The van der Waals surface area contributed by atoms with Gasteiger partial charge >= 0.3 is 0 Å². The lowest BCUT2D eigenvalue weighted by Gasteiger charge is -2.34. The first-order chi connectivity index (χ1) is 11.9. The number of hydrogen-bond acceptors (Lipinski definition) is 3. The lowest BCUT2D eigenvalue weighted by Crippen LogP contribution is -2.49. The molecule has 2 amide bonds. The van der Waals surface area contributed by atoms with E-state index in [2.05, 4.69) is 10.6 Å². The molecule has 136 valence electrons. The number of alkyl halides is 2. The third-order valence-electron chi connectivity index (χ3n) is 4.83. The summed E-state index contributed by atoms with van der Waals surface area (Å²) in [6.07, 6.45) is 1.30. The predicted octanol–water partition coefficient (Wildman–Crippen LogP) is 1.65. The molecule has 0 aliphatic carbocycles. The van der Waals surface area contributed by atoms with Gasteiger partial charge in [0.15, 0.2) is 0 Å². The van der Waals surface area contributed by atoms with Crippen LogP contribution in [0.15, 0.2) is 30.3 Å². The molecule has 1 aromatic rings. The van der Waals surface area contributed by atoms with Crippen molar-refractivity contribution in [3.8, 4) is 0 Å². The summed E-state index contributed by atoms with van der Waals surface area (Å²) in [5.74, 6) is -3.05. The summed E-state index contributed by atoms with van der Waals surface area (Å²) in [6.45, 7) is 1.13. The van der Waals surface area contributed by atoms with Crippen molar-refractivity contribution < 1.29 is 18.4 Å². The molecule has 2 aliphatic heterocycles. The monoisotopic (exact) mass is 351 g/mol.